The number of carbonyl (C=O) groups excluding carboxylic acids is 2. The summed E-state index contributed by atoms with van der Waals surface area (Å²) in [5, 5.41) is 5.70. The molecule has 0 aromatic carbocycles. The van der Waals surface area contributed by atoms with E-state index in [2.05, 4.69) is 10.6 Å². The van der Waals surface area contributed by atoms with Crippen LogP contribution in [0.5, 0.6) is 0 Å². The molecule has 0 aliphatic rings. The Kier molecular flexibility index (Phi) is 10.3. The molecule has 0 unspecified atom stereocenters. The van der Waals surface area contributed by atoms with E-state index in [1.807, 2.05) is 27.7 Å². The molecule has 0 atom stereocenters. The third-order valence-corrected chi connectivity index (χ3v) is 4.22. The summed E-state index contributed by atoms with van der Waals surface area (Å²) in [4.78, 5) is 22.6. The second-order valence-electron chi connectivity index (χ2n) is 4.59. The fourth-order valence-corrected chi connectivity index (χ4v) is 3.16. The largest absolute Gasteiger partial charge is 0.354 e. The van der Waals surface area contributed by atoms with Gasteiger partial charge >= 0.3 is 0 Å². The first-order chi connectivity index (χ1) is 8.41. The molecular formula is C12H28N2O2S2. The number of rotatable bonds is 9. The van der Waals surface area contributed by atoms with Gasteiger partial charge in [0.15, 0.2) is 0 Å². The van der Waals surface area contributed by atoms with Crippen molar-refractivity contribution in [1.82, 2.24) is 10.6 Å². The molecule has 2 amide bonds. The Morgan fingerprint density at radius 3 is 1.50 bits per heavy atom. The first kappa shape index (κ1) is 17.6. The van der Waals surface area contributed by atoms with Crippen molar-refractivity contribution in [2.24, 2.45) is 0 Å². The first-order valence-electron chi connectivity index (χ1n) is 6.25. The Labute approximate surface area is 121 Å². The molecule has 0 saturated carbocycles. The molecule has 4 nitrogen and oxygen atoms in total. The van der Waals surface area contributed by atoms with Crippen LogP contribution < -0.4 is 10.6 Å². The molecule has 0 rings (SSSR count). The molecule has 0 aliphatic heterocycles. The zero-order chi connectivity index (χ0) is 14.0. The number of carbonyl (C=O) groups is 2. The minimum Gasteiger partial charge on any atom is -0.354 e. The van der Waals surface area contributed by atoms with E-state index in [1.165, 1.54) is 0 Å². The van der Waals surface area contributed by atoms with Crippen molar-refractivity contribution in [1.29, 1.82) is 0 Å². The van der Waals surface area contributed by atoms with Gasteiger partial charge in [0.2, 0.25) is 11.8 Å². The Bertz CT molecular complexity index is 242. The zero-order valence-corrected chi connectivity index (χ0v) is 13.2. The molecule has 110 valence electrons. The third kappa shape index (κ3) is 12.1. The minimum absolute atomic E-state index is 0. The van der Waals surface area contributed by atoms with Gasteiger partial charge in [-0.05, 0) is 27.7 Å². The number of hydrogen-bond donors (Lipinski definition) is 2. The average Bonchev–Trinajstić information content (AvgIpc) is 2.20. The van der Waals surface area contributed by atoms with E-state index in [0.29, 0.717) is 12.8 Å². The highest BCUT2D eigenvalue weighted by atomic mass is 33.1. The van der Waals surface area contributed by atoms with E-state index in [1.54, 1.807) is 21.6 Å². The number of nitrogens with one attached hydrogen (secondary N) is 2. The molecule has 0 saturated heterocycles. The Hall–Kier alpha value is -0.360. The van der Waals surface area contributed by atoms with Gasteiger partial charge in [0.1, 0.15) is 0 Å². The van der Waals surface area contributed by atoms with E-state index in [9.17, 15) is 9.59 Å². The molecule has 0 aromatic heterocycles. The van der Waals surface area contributed by atoms with Crippen LogP contribution in [0.1, 0.15) is 43.4 Å². The number of hydrogen-bond acceptors (Lipinski definition) is 4. The summed E-state index contributed by atoms with van der Waals surface area (Å²) < 4.78 is 0. The standard InChI is InChI=1S/C12H24N2O2S2.2H2/c1-9(2)13-11(15)5-7-17-18-8-6-12(16)14-10(3)4;;/h9-10H,5-8H2,1-4H3,(H,13,15)(H,14,16);2*1H. The highest BCUT2D eigenvalue weighted by Crippen LogP contribution is 2.22. The molecular weight excluding hydrogens is 268 g/mol. The lowest BCUT2D eigenvalue weighted by Gasteiger charge is -2.08. The maximum Gasteiger partial charge on any atom is 0.221 e. The summed E-state index contributed by atoms with van der Waals surface area (Å²) in [7, 11) is 3.29. The van der Waals surface area contributed by atoms with Crippen LogP contribution >= 0.6 is 21.6 Å². The molecule has 0 aromatic rings. The van der Waals surface area contributed by atoms with Crippen molar-refractivity contribution in [3.05, 3.63) is 0 Å². The molecule has 0 spiro atoms. The quantitative estimate of drug-likeness (QED) is 0.507. The fourth-order valence-electron chi connectivity index (χ4n) is 1.17. The lowest BCUT2D eigenvalue weighted by molar-refractivity contribution is -0.122. The molecule has 0 heterocycles. The number of amides is 2. The van der Waals surface area contributed by atoms with E-state index < -0.39 is 0 Å². The normalized spacial score (nSPS) is 10.8. The predicted octanol–water partition coefficient (Wildman–Crippen LogP) is 2.69. The lowest BCUT2D eigenvalue weighted by atomic mass is 10.3. The van der Waals surface area contributed by atoms with Gasteiger partial charge in [-0.25, -0.2) is 0 Å². The summed E-state index contributed by atoms with van der Waals surface area (Å²) >= 11 is 0. The van der Waals surface area contributed by atoms with Crippen molar-refractivity contribution in [3.8, 4) is 0 Å². The van der Waals surface area contributed by atoms with Gasteiger partial charge in [-0.3, -0.25) is 9.59 Å². The summed E-state index contributed by atoms with van der Waals surface area (Å²) in [5.41, 5.74) is 0. The monoisotopic (exact) mass is 296 g/mol. The van der Waals surface area contributed by atoms with Gasteiger partial charge in [-0.1, -0.05) is 21.6 Å². The first-order valence-corrected chi connectivity index (χ1v) is 8.73. The minimum atomic E-state index is 0. The molecule has 18 heavy (non-hydrogen) atoms. The third-order valence-electron chi connectivity index (χ3n) is 1.81. The van der Waals surface area contributed by atoms with Crippen molar-refractivity contribution < 1.29 is 12.4 Å². The van der Waals surface area contributed by atoms with Crippen molar-refractivity contribution in [3.63, 3.8) is 0 Å². The van der Waals surface area contributed by atoms with Gasteiger partial charge in [0, 0.05) is 39.3 Å². The Morgan fingerprint density at radius 2 is 1.22 bits per heavy atom. The smallest absolute Gasteiger partial charge is 0.221 e. The topological polar surface area (TPSA) is 58.2 Å². The van der Waals surface area contributed by atoms with Gasteiger partial charge in [-0.2, -0.15) is 0 Å². The van der Waals surface area contributed by atoms with Gasteiger partial charge in [0.25, 0.3) is 0 Å². The van der Waals surface area contributed by atoms with Crippen LogP contribution in [0.25, 0.3) is 0 Å². The second kappa shape index (κ2) is 10.6. The van der Waals surface area contributed by atoms with E-state index in [-0.39, 0.29) is 26.8 Å². The molecule has 0 aliphatic carbocycles. The Morgan fingerprint density at radius 1 is 0.889 bits per heavy atom. The van der Waals surface area contributed by atoms with Crippen molar-refractivity contribution in [2.75, 3.05) is 11.5 Å². The SMILES string of the molecule is CC(C)NC(=O)CCSSCCC(=O)NC(C)C.[HH].[HH]. The molecule has 0 fully saturated rings. The van der Waals surface area contributed by atoms with Crippen LogP contribution in [-0.2, 0) is 9.59 Å². The zero-order valence-electron chi connectivity index (χ0n) is 11.6. The van der Waals surface area contributed by atoms with Crippen LogP contribution in [0.15, 0.2) is 0 Å². The van der Waals surface area contributed by atoms with Crippen molar-refractivity contribution in [2.45, 2.75) is 52.6 Å². The van der Waals surface area contributed by atoms with Gasteiger partial charge < -0.3 is 10.6 Å². The summed E-state index contributed by atoms with van der Waals surface area (Å²) in [6.07, 6.45) is 1.07. The summed E-state index contributed by atoms with van der Waals surface area (Å²) in [6, 6.07) is 0.407. The highest BCUT2D eigenvalue weighted by molar-refractivity contribution is 8.76. The van der Waals surface area contributed by atoms with Crippen LogP contribution in [0.2, 0.25) is 0 Å². The predicted molar refractivity (Wildman–Crippen MR) is 84.9 cm³/mol. The van der Waals surface area contributed by atoms with Crippen LogP contribution in [0.4, 0.5) is 0 Å². The van der Waals surface area contributed by atoms with Crippen LogP contribution in [-0.4, -0.2) is 35.4 Å². The van der Waals surface area contributed by atoms with E-state index in [4.69, 9.17) is 0 Å². The average molecular weight is 297 g/mol. The van der Waals surface area contributed by atoms with Crippen molar-refractivity contribution >= 4 is 33.4 Å². The maximum atomic E-state index is 11.3. The van der Waals surface area contributed by atoms with Crippen LogP contribution in [0.3, 0.4) is 0 Å². The maximum absolute atomic E-state index is 11.3. The molecule has 0 bridgehead atoms. The molecule has 6 heteroatoms. The van der Waals surface area contributed by atoms with Gasteiger partial charge in [0.05, 0.1) is 0 Å². The second-order valence-corrected chi connectivity index (χ2v) is 7.29. The highest BCUT2D eigenvalue weighted by Gasteiger charge is 2.05. The summed E-state index contributed by atoms with van der Waals surface area (Å²) in [5.74, 6) is 1.76. The summed E-state index contributed by atoms with van der Waals surface area (Å²) in [6.45, 7) is 7.81. The van der Waals surface area contributed by atoms with Gasteiger partial charge in [-0.15, -0.1) is 0 Å². The Balaban J connectivity index is -0.00000144. The van der Waals surface area contributed by atoms with E-state index >= 15 is 0 Å². The fraction of sp³-hybridized carbons (Fsp3) is 0.833. The molecule has 2 N–H and O–H groups in total. The molecule has 0 radical (unpaired) electrons. The van der Waals surface area contributed by atoms with Crippen LogP contribution in [0, 0.1) is 0 Å². The lowest BCUT2D eigenvalue weighted by Crippen LogP contribution is -2.30. The van der Waals surface area contributed by atoms with E-state index in [0.717, 1.165) is 11.5 Å².